The molecule has 1 saturated heterocycles. The molecule has 0 aromatic carbocycles. The normalized spacial score (nSPS) is 21.9. The summed E-state index contributed by atoms with van der Waals surface area (Å²) in [4.78, 5) is 25.6. The molecule has 104 valence electrons. The zero-order chi connectivity index (χ0) is 13.5. The summed E-state index contributed by atoms with van der Waals surface area (Å²) < 4.78 is 0. The Morgan fingerprint density at radius 3 is 2.61 bits per heavy atom. The first-order valence-corrected chi connectivity index (χ1v) is 7.20. The Bertz CT molecular complexity index is 292. The van der Waals surface area contributed by atoms with Crippen molar-refractivity contribution in [1.82, 2.24) is 10.2 Å². The van der Waals surface area contributed by atoms with E-state index in [2.05, 4.69) is 19.2 Å². The van der Waals surface area contributed by atoms with E-state index in [0.29, 0.717) is 0 Å². The maximum atomic E-state index is 12.2. The number of piperazine rings is 1. The molecule has 4 nitrogen and oxygen atoms in total. The third-order valence-electron chi connectivity index (χ3n) is 3.57. The number of nitrogens with one attached hydrogen (secondary N) is 1. The van der Waals surface area contributed by atoms with Crippen LogP contribution >= 0.6 is 0 Å². The molecule has 0 spiro atoms. The molecule has 1 fully saturated rings. The number of carbonyl (C=O) groups excluding carboxylic acids is 2. The Labute approximate surface area is 110 Å². The van der Waals surface area contributed by atoms with Gasteiger partial charge in [-0.05, 0) is 19.8 Å². The molecule has 1 rings (SSSR count). The zero-order valence-electron chi connectivity index (χ0n) is 11.9. The van der Waals surface area contributed by atoms with Crippen molar-refractivity contribution in [2.24, 2.45) is 0 Å². The lowest BCUT2D eigenvalue weighted by atomic mass is 10.0. The molecule has 0 radical (unpaired) electrons. The Kier molecular flexibility index (Phi) is 6.16. The fourth-order valence-electron chi connectivity index (χ4n) is 2.44. The Morgan fingerprint density at radius 1 is 1.28 bits per heavy atom. The predicted molar refractivity (Wildman–Crippen MR) is 72.2 cm³/mol. The van der Waals surface area contributed by atoms with Gasteiger partial charge in [0, 0.05) is 6.04 Å². The SMILES string of the molecule is CCCCCC(C)N1CC(=O)NC(CCC)C1=O. The van der Waals surface area contributed by atoms with E-state index in [9.17, 15) is 9.59 Å². The van der Waals surface area contributed by atoms with Crippen molar-refractivity contribution in [3.63, 3.8) is 0 Å². The average Bonchev–Trinajstić information content (AvgIpc) is 2.34. The van der Waals surface area contributed by atoms with Crippen molar-refractivity contribution in [1.29, 1.82) is 0 Å². The first-order valence-electron chi connectivity index (χ1n) is 7.20. The van der Waals surface area contributed by atoms with E-state index in [1.807, 2.05) is 6.92 Å². The van der Waals surface area contributed by atoms with E-state index in [0.717, 1.165) is 25.7 Å². The van der Waals surface area contributed by atoms with Crippen LogP contribution in [0.2, 0.25) is 0 Å². The molecule has 0 bridgehead atoms. The molecule has 2 amide bonds. The molecule has 1 N–H and O–H groups in total. The van der Waals surface area contributed by atoms with Crippen molar-refractivity contribution in [3.8, 4) is 0 Å². The van der Waals surface area contributed by atoms with Crippen molar-refractivity contribution in [2.45, 2.75) is 71.4 Å². The maximum Gasteiger partial charge on any atom is 0.245 e. The molecule has 2 unspecified atom stereocenters. The van der Waals surface area contributed by atoms with Gasteiger partial charge in [-0.2, -0.15) is 0 Å². The quantitative estimate of drug-likeness (QED) is 0.707. The van der Waals surface area contributed by atoms with Gasteiger partial charge < -0.3 is 10.2 Å². The second-order valence-corrected chi connectivity index (χ2v) is 5.22. The summed E-state index contributed by atoms with van der Waals surface area (Å²) in [6.45, 7) is 6.48. The summed E-state index contributed by atoms with van der Waals surface area (Å²) in [5.41, 5.74) is 0. The first-order chi connectivity index (χ1) is 8.60. The summed E-state index contributed by atoms with van der Waals surface area (Å²) >= 11 is 0. The minimum atomic E-state index is -0.301. The third kappa shape index (κ3) is 4.00. The highest BCUT2D eigenvalue weighted by atomic mass is 16.2. The molecule has 0 saturated carbocycles. The Hall–Kier alpha value is -1.06. The van der Waals surface area contributed by atoms with Crippen molar-refractivity contribution >= 4 is 11.8 Å². The van der Waals surface area contributed by atoms with Crippen LogP contribution in [0.4, 0.5) is 0 Å². The Balaban J connectivity index is 2.56. The molecule has 1 heterocycles. The summed E-state index contributed by atoms with van der Waals surface area (Å²) in [5.74, 6) is 0.0795. The monoisotopic (exact) mass is 254 g/mol. The smallest absolute Gasteiger partial charge is 0.245 e. The van der Waals surface area contributed by atoms with Crippen LogP contribution in [0.5, 0.6) is 0 Å². The molecular formula is C14H26N2O2. The molecule has 1 aliphatic rings. The van der Waals surface area contributed by atoms with E-state index in [1.165, 1.54) is 12.8 Å². The number of rotatable bonds is 7. The van der Waals surface area contributed by atoms with Gasteiger partial charge in [-0.3, -0.25) is 9.59 Å². The lowest BCUT2D eigenvalue weighted by Crippen LogP contribution is -2.60. The lowest BCUT2D eigenvalue weighted by Gasteiger charge is -2.36. The van der Waals surface area contributed by atoms with Gasteiger partial charge in [0.1, 0.15) is 6.04 Å². The molecule has 0 aliphatic carbocycles. The average molecular weight is 254 g/mol. The van der Waals surface area contributed by atoms with Crippen LogP contribution in [-0.4, -0.2) is 35.3 Å². The number of amides is 2. The van der Waals surface area contributed by atoms with Crippen LogP contribution in [0.15, 0.2) is 0 Å². The van der Waals surface area contributed by atoms with E-state index in [-0.39, 0.29) is 30.4 Å². The topological polar surface area (TPSA) is 49.4 Å². The first kappa shape index (κ1) is 15.0. The summed E-state index contributed by atoms with van der Waals surface area (Å²) in [6, 6.07) is -0.126. The van der Waals surface area contributed by atoms with Crippen LogP contribution < -0.4 is 5.32 Å². The number of unbranched alkanes of at least 4 members (excludes halogenated alkanes) is 2. The lowest BCUT2D eigenvalue weighted by molar-refractivity contribution is -0.146. The molecule has 4 heteroatoms. The fourth-order valence-corrected chi connectivity index (χ4v) is 2.44. The maximum absolute atomic E-state index is 12.2. The van der Waals surface area contributed by atoms with Crippen molar-refractivity contribution in [3.05, 3.63) is 0 Å². The minimum absolute atomic E-state index is 0.0182. The molecular weight excluding hydrogens is 228 g/mol. The molecule has 0 aromatic heterocycles. The van der Waals surface area contributed by atoms with Gasteiger partial charge in [0.25, 0.3) is 0 Å². The van der Waals surface area contributed by atoms with Gasteiger partial charge >= 0.3 is 0 Å². The Morgan fingerprint density at radius 2 is 2.00 bits per heavy atom. The summed E-state index contributed by atoms with van der Waals surface area (Å²) in [5, 5.41) is 2.79. The minimum Gasteiger partial charge on any atom is -0.343 e. The standard InChI is InChI=1S/C14H26N2O2/c1-4-6-7-9-11(3)16-10-13(17)15-12(8-5-2)14(16)18/h11-12H,4-10H2,1-3H3,(H,15,17). The van der Waals surface area contributed by atoms with Crippen molar-refractivity contribution in [2.75, 3.05) is 6.54 Å². The van der Waals surface area contributed by atoms with Crippen LogP contribution in [-0.2, 0) is 9.59 Å². The van der Waals surface area contributed by atoms with E-state index >= 15 is 0 Å². The van der Waals surface area contributed by atoms with Gasteiger partial charge in [0.2, 0.25) is 11.8 Å². The predicted octanol–water partition coefficient (Wildman–Crippen LogP) is 2.08. The third-order valence-corrected chi connectivity index (χ3v) is 3.57. The number of hydrogen-bond acceptors (Lipinski definition) is 2. The summed E-state index contributed by atoms with van der Waals surface area (Å²) in [6.07, 6.45) is 6.14. The van der Waals surface area contributed by atoms with Gasteiger partial charge in [0.15, 0.2) is 0 Å². The van der Waals surface area contributed by atoms with Crippen LogP contribution in [0.1, 0.15) is 59.3 Å². The number of carbonyl (C=O) groups is 2. The highest BCUT2D eigenvalue weighted by molar-refractivity contribution is 5.94. The second-order valence-electron chi connectivity index (χ2n) is 5.22. The fraction of sp³-hybridized carbons (Fsp3) is 0.857. The van der Waals surface area contributed by atoms with Gasteiger partial charge in [0.05, 0.1) is 6.54 Å². The molecule has 0 aromatic rings. The van der Waals surface area contributed by atoms with Gasteiger partial charge in [-0.15, -0.1) is 0 Å². The summed E-state index contributed by atoms with van der Waals surface area (Å²) in [7, 11) is 0. The van der Waals surface area contributed by atoms with E-state index in [1.54, 1.807) is 4.90 Å². The van der Waals surface area contributed by atoms with Crippen LogP contribution in [0.25, 0.3) is 0 Å². The number of hydrogen-bond donors (Lipinski definition) is 1. The largest absolute Gasteiger partial charge is 0.343 e. The highest BCUT2D eigenvalue weighted by Gasteiger charge is 2.34. The van der Waals surface area contributed by atoms with Crippen molar-refractivity contribution < 1.29 is 9.59 Å². The number of nitrogens with zero attached hydrogens (tertiary/aromatic N) is 1. The molecule has 1 aliphatic heterocycles. The van der Waals surface area contributed by atoms with E-state index in [4.69, 9.17) is 0 Å². The van der Waals surface area contributed by atoms with Crippen LogP contribution in [0.3, 0.4) is 0 Å². The van der Waals surface area contributed by atoms with E-state index < -0.39 is 0 Å². The molecule has 18 heavy (non-hydrogen) atoms. The highest BCUT2D eigenvalue weighted by Crippen LogP contribution is 2.15. The van der Waals surface area contributed by atoms with Gasteiger partial charge in [-0.25, -0.2) is 0 Å². The van der Waals surface area contributed by atoms with Gasteiger partial charge in [-0.1, -0.05) is 39.5 Å². The zero-order valence-corrected chi connectivity index (χ0v) is 11.9. The molecule has 2 atom stereocenters. The second kappa shape index (κ2) is 7.39. The van der Waals surface area contributed by atoms with Crippen LogP contribution in [0, 0.1) is 0 Å².